The fraction of sp³-hybridized carbons (Fsp3) is 0.125. The molecule has 4 nitrogen and oxygen atoms in total. The van der Waals surface area contributed by atoms with Crippen LogP contribution in [0.2, 0.25) is 0 Å². The van der Waals surface area contributed by atoms with E-state index in [4.69, 9.17) is 0 Å². The SMILES string of the molecule is O=C(CC(c1ccc(F)cc1)n1cccc1)Nc1nccs1. The summed E-state index contributed by atoms with van der Waals surface area (Å²) in [5, 5.41) is 5.16. The first-order chi connectivity index (χ1) is 10.7. The van der Waals surface area contributed by atoms with Crippen LogP contribution >= 0.6 is 11.3 Å². The quantitative estimate of drug-likeness (QED) is 0.780. The first-order valence-electron chi connectivity index (χ1n) is 6.79. The number of hydrogen-bond acceptors (Lipinski definition) is 3. The molecule has 0 bridgehead atoms. The number of hydrogen-bond donors (Lipinski definition) is 1. The molecule has 1 unspecified atom stereocenters. The summed E-state index contributed by atoms with van der Waals surface area (Å²) in [5.41, 5.74) is 0.881. The molecule has 2 aromatic heterocycles. The predicted octanol–water partition coefficient (Wildman–Crippen LogP) is 3.70. The zero-order valence-corrected chi connectivity index (χ0v) is 12.5. The lowest BCUT2D eigenvalue weighted by atomic mass is 10.0. The fourth-order valence-electron chi connectivity index (χ4n) is 2.27. The van der Waals surface area contributed by atoms with Crippen LogP contribution in [0.5, 0.6) is 0 Å². The second-order valence-corrected chi connectivity index (χ2v) is 5.68. The summed E-state index contributed by atoms with van der Waals surface area (Å²) in [4.78, 5) is 16.3. The molecule has 6 heteroatoms. The Bertz CT molecular complexity index is 723. The van der Waals surface area contributed by atoms with E-state index in [9.17, 15) is 9.18 Å². The van der Waals surface area contributed by atoms with Crippen molar-refractivity contribution in [2.75, 3.05) is 5.32 Å². The molecule has 0 saturated carbocycles. The minimum absolute atomic E-state index is 0.127. The third kappa shape index (κ3) is 3.40. The van der Waals surface area contributed by atoms with E-state index in [0.717, 1.165) is 5.56 Å². The summed E-state index contributed by atoms with van der Waals surface area (Å²) in [6, 6.07) is 9.84. The van der Waals surface area contributed by atoms with Gasteiger partial charge in [-0.25, -0.2) is 9.37 Å². The third-order valence-corrected chi connectivity index (χ3v) is 3.99. The van der Waals surface area contributed by atoms with Gasteiger partial charge in [-0.3, -0.25) is 4.79 Å². The maximum Gasteiger partial charge on any atom is 0.228 e. The Morgan fingerprint density at radius 2 is 2.00 bits per heavy atom. The molecule has 0 spiro atoms. The highest BCUT2D eigenvalue weighted by Crippen LogP contribution is 2.23. The van der Waals surface area contributed by atoms with Crippen molar-refractivity contribution in [3.8, 4) is 0 Å². The van der Waals surface area contributed by atoms with Crippen LogP contribution in [0.3, 0.4) is 0 Å². The summed E-state index contributed by atoms with van der Waals surface area (Å²) < 4.78 is 15.1. The highest BCUT2D eigenvalue weighted by Gasteiger charge is 2.18. The number of benzene rings is 1. The molecule has 112 valence electrons. The topological polar surface area (TPSA) is 46.9 Å². The first kappa shape index (κ1) is 14.5. The van der Waals surface area contributed by atoms with E-state index in [2.05, 4.69) is 10.3 Å². The summed E-state index contributed by atoms with van der Waals surface area (Å²) in [6.45, 7) is 0. The van der Waals surface area contributed by atoms with Crippen molar-refractivity contribution >= 4 is 22.4 Å². The van der Waals surface area contributed by atoms with Crippen molar-refractivity contribution in [2.24, 2.45) is 0 Å². The number of nitrogens with one attached hydrogen (secondary N) is 1. The van der Waals surface area contributed by atoms with Gasteiger partial charge < -0.3 is 9.88 Å². The maximum atomic E-state index is 13.1. The van der Waals surface area contributed by atoms with Crippen LogP contribution in [-0.2, 0) is 4.79 Å². The van der Waals surface area contributed by atoms with Crippen LogP contribution in [0.15, 0.2) is 60.4 Å². The van der Waals surface area contributed by atoms with Gasteiger partial charge in [-0.15, -0.1) is 11.3 Å². The van der Waals surface area contributed by atoms with Gasteiger partial charge >= 0.3 is 0 Å². The Kier molecular flexibility index (Phi) is 4.29. The van der Waals surface area contributed by atoms with Gasteiger partial charge in [-0.2, -0.15) is 0 Å². The number of halogens is 1. The van der Waals surface area contributed by atoms with Crippen molar-refractivity contribution in [1.82, 2.24) is 9.55 Å². The Hall–Kier alpha value is -2.47. The number of amides is 1. The first-order valence-corrected chi connectivity index (χ1v) is 7.67. The van der Waals surface area contributed by atoms with E-state index in [1.165, 1.54) is 23.5 Å². The molecule has 2 heterocycles. The molecule has 0 aliphatic carbocycles. The lowest BCUT2D eigenvalue weighted by Gasteiger charge is -2.19. The van der Waals surface area contributed by atoms with E-state index >= 15 is 0 Å². The molecule has 1 aromatic carbocycles. The molecule has 1 amide bonds. The van der Waals surface area contributed by atoms with E-state index in [-0.39, 0.29) is 24.2 Å². The van der Waals surface area contributed by atoms with Crippen LogP contribution < -0.4 is 5.32 Å². The molecule has 3 rings (SSSR count). The van der Waals surface area contributed by atoms with Gasteiger partial charge in [0.2, 0.25) is 5.91 Å². The van der Waals surface area contributed by atoms with Gasteiger partial charge in [0.15, 0.2) is 5.13 Å². The lowest BCUT2D eigenvalue weighted by Crippen LogP contribution is -2.19. The summed E-state index contributed by atoms with van der Waals surface area (Å²) >= 11 is 1.37. The molecule has 1 N–H and O–H groups in total. The highest BCUT2D eigenvalue weighted by molar-refractivity contribution is 7.13. The largest absolute Gasteiger partial charge is 0.346 e. The minimum atomic E-state index is -0.290. The van der Waals surface area contributed by atoms with E-state index in [1.807, 2.05) is 29.1 Å². The second-order valence-electron chi connectivity index (χ2n) is 4.79. The monoisotopic (exact) mass is 315 g/mol. The van der Waals surface area contributed by atoms with Crippen molar-refractivity contribution in [3.05, 3.63) is 71.7 Å². The average Bonchev–Trinajstić information content (AvgIpc) is 3.19. The van der Waals surface area contributed by atoms with Crippen LogP contribution in [0.1, 0.15) is 18.0 Å². The fourth-order valence-corrected chi connectivity index (χ4v) is 2.81. The van der Waals surface area contributed by atoms with Crippen LogP contribution in [0.4, 0.5) is 9.52 Å². The number of anilines is 1. The van der Waals surface area contributed by atoms with Crippen molar-refractivity contribution in [1.29, 1.82) is 0 Å². The van der Waals surface area contributed by atoms with E-state index < -0.39 is 0 Å². The summed E-state index contributed by atoms with van der Waals surface area (Å²) in [6.07, 6.45) is 5.68. The Labute approximate surface area is 131 Å². The number of carbonyl (C=O) groups excluding carboxylic acids is 1. The molecule has 22 heavy (non-hydrogen) atoms. The van der Waals surface area contributed by atoms with Gasteiger partial charge in [0.25, 0.3) is 0 Å². The molecule has 0 saturated heterocycles. The summed E-state index contributed by atoms with van der Waals surface area (Å²) in [5.74, 6) is -0.416. The number of carbonyl (C=O) groups is 1. The smallest absolute Gasteiger partial charge is 0.228 e. The molecule has 0 fully saturated rings. The molecule has 0 aliphatic heterocycles. The predicted molar refractivity (Wildman–Crippen MR) is 84.3 cm³/mol. The number of nitrogens with zero attached hydrogens (tertiary/aromatic N) is 2. The second kappa shape index (κ2) is 6.53. The average molecular weight is 315 g/mol. The highest BCUT2D eigenvalue weighted by atomic mass is 32.1. The van der Waals surface area contributed by atoms with Crippen LogP contribution in [-0.4, -0.2) is 15.5 Å². The number of thiazole rings is 1. The van der Waals surface area contributed by atoms with Gasteiger partial charge in [-0.05, 0) is 29.8 Å². The Morgan fingerprint density at radius 3 is 2.64 bits per heavy atom. The molecular formula is C16H14FN3OS. The van der Waals surface area contributed by atoms with Gasteiger partial charge in [0.05, 0.1) is 12.5 Å². The van der Waals surface area contributed by atoms with E-state index in [1.54, 1.807) is 23.7 Å². The molecule has 3 aromatic rings. The van der Waals surface area contributed by atoms with Crippen LogP contribution in [0.25, 0.3) is 0 Å². The maximum absolute atomic E-state index is 13.1. The molecular weight excluding hydrogens is 301 g/mol. The van der Waals surface area contributed by atoms with Gasteiger partial charge in [0.1, 0.15) is 5.82 Å². The zero-order valence-electron chi connectivity index (χ0n) is 11.6. The molecule has 0 aliphatic rings. The minimum Gasteiger partial charge on any atom is -0.346 e. The molecule has 0 radical (unpaired) electrons. The Morgan fingerprint density at radius 1 is 1.27 bits per heavy atom. The van der Waals surface area contributed by atoms with Gasteiger partial charge in [-0.1, -0.05) is 12.1 Å². The number of rotatable bonds is 5. The number of aromatic nitrogens is 2. The van der Waals surface area contributed by atoms with Crippen molar-refractivity contribution in [2.45, 2.75) is 12.5 Å². The van der Waals surface area contributed by atoms with Crippen molar-refractivity contribution in [3.63, 3.8) is 0 Å². The third-order valence-electron chi connectivity index (χ3n) is 3.30. The molecule has 1 atom stereocenters. The zero-order chi connectivity index (χ0) is 15.4. The normalized spacial score (nSPS) is 12.0. The standard InChI is InChI=1S/C16H14FN3OS/c17-13-5-3-12(4-6-13)14(20-8-1-2-9-20)11-15(21)19-16-18-7-10-22-16/h1-10,14H,11H2,(H,18,19,21). The Balaban J connectivity index is 1.80. The van der Waals surface area contributed by atoms with Crippen molar-refractivity contribution < 1.29 is 9.18 Å². The van der Waals surface area contributed by atoms with Gasteiger partial charge in [0, 0.05) is 24.0 Å². The lowest BCUT2D eigenvalue weighted by molar-refractivity contribution is -0.116. The van der Waals surface area contributed by atoms with E-state index in [0.29, 0.717) is 5.13 Å². The summed E-state index contributed by atoms with van der Waals surface area (Å²) in [7, 11) is 0. The van der Waals surface area contributed by atoms with Crippen LogP contribution in [0, 0.1) is 5.82 Å².